The van der Waals surface area contributed by atoms with E-state index in [-0.39, 0.29) is 0 Å². The maximum Gasteiger partial charge on any atom is 0.205 e. The smallest absolute Gasteiger partial charge is 0.205 e. The largest absolute Gasteiger partial charge is 0.357 e. The molecule has 1 heterocycles. The van der Waals surface area contributed by atoms with E-state index < -0.39 is 0 Å². The fraction of sp³-hybridized carbons (Fsp3) is 0.818. The Morgan fingerprint density at radius 2 is 2.00 bits per heavy atom. The highest BCUT2D eigenvalue weighted by Crippen LogP contribution is 2.31. The molecule has 0 aliphatic heterocycles. The SMILES string of the molecule is Cc1nnc(NC2CCC(C)C(C)C2)s1. The minimum Gasteiger partial charge on any atom is -0.357 e. The van der Waals surface area contributed by atoms with E-state index in [4.69, 9.17) is 0 Å². The molecule has 0 spiro atoms. The molecule has 1 aliphatic rings. The average molecular weight is 225 g/mol. The quantitative estimate of drug-likeness (QED) is 0.840. The lowest BCUT2D eigenvalue weighted by atomic mass is 9.79. The summed E-state index contributed by atoms with van der Waals surface area (Å²) < 4.78 is 0. The van der Waals surface area contributed by atoms with Crippen molar-refractivity contribution < 1.29 is 0 Å². The van der Waals surface area contributed by atoms with Crippen LogP contribution in [0.25, 0.3) is 0 Å². The first-order chi connectivity index (χ1) is 7.15. The van der Waals surface area contributed by atoms with Gasteiger partial charge in [0.1, 0.15) is 5.01 Å². The summed E-state index contributed by atoms with van der Waals surface area (Å²) >= 11 is 1.65. The molecular formula is C11H19N3S. The van der Waals surface area contributed by atoms with E-state index in [0.717, 1.165) is 22.0 Å². The van der Waals surface area contributed by atoms with E-state index in [1.54, 1.807) is 11.3 Å². The molecule has 3 atom stereocenters. The molecule has 1 N–H and O–H groups in total. The number of aromatic nitrogens is 2. The first-order valence-corrected chi connectivity index (χ1v) is 6.53. The molecule has 1 saturated carbocycles. The molecule has 2 rings (SSSR count). The summed E-state index contributed by atoms with van der Waals surface area (Å²) in [6.45, 7) is 6.70. The van der Waals surface area contributed by atoms with Gasteiger partial charge in [0.2, 0.25) is 5.13 Å². The molecule has 0 radical (unpaired) electrons. The Hall–Kier alpha value is -0.640. The van der Waals surface area contributed by atoms with Gasteiger partial charge < -0.3 is 5.32 Å². The molecule has 0 saturated heterocycles. The lowest BCUT2D eigenvalue weighted by molar-refractivity contribution is 0.261. The third kappa shape index (κ3) is 2.68. The van der Waals surface area contributed by atoms with Gasteiger partial charge in [0.25, 0.3) is 0 Å². The van der Waals surface area contributed by atoms with Crippen LogP contribution in [0.2, 0.25) is 0 Å². The van der Waals surface area contributed by atoms with Crippen LogP contribution in [0, 0.1) is 18.8 Å². The maximum absolute atomic E-state index is 4.11. The molecule has 1 aromatic heterocycles. The van der Waals surface area contributed by atoms with E-state index in [1.807, 2.05) is 6.92 Å². The molecule has 0 amide bonds. The number of nitrogens with one attached hydrogen (secondary N) is 1. The lowest BCUT2D eigenvalue weighted by Gasteiger charge is -2.32. The predicted molar refractivity (Wildman–Crippen MR) is 64.2 cm³/mol. The van der Waals surface area contributed by atoms with Gasteiger partial charge in [-0.1, -0.05) is 25.2 Å². The number of nitrogens with zero attached hydrogens (tertiary/aromatic N) is 2. The summed E-state index contributed by atoms with van der Waals surface area (Å²) in [7, 11) is 0. The van der Waals surface area contributed by atoms with Crippen LogP contribution >= 0.6 is 11.3 Å². The summed E-state index contributed by atoms with van der Waals surface area (Å²) in [5, 5.41) is 13.7. The van der Waals surface area contributed by atoms with Gasteiger partial charge in [-0.25, -0.2) is 0 Å². The summed E-state index contributed by atoms with van der Waals surface area (Å²) in [5.41, 5.74) is 0. The number of hydrogen-bond donors (Lipinski definition) is 1. The predicted octanol–water partition coefficient (Wildman–Crippen LogP) is 3.08. The van der Waals surface area contributed by atoms with E-state index >= 15 is 0 Å². The first-order valence-electron chi connectivity index (χ1n) is 5.72. The van der Waals surface area contributed by atoms with Crippen LogP contribution in [-0.4, -0.2) is 16.2 Å². The third-order valence-electron chi connectivity index (χ3n) is 3.45. The molecule has 3 unspecified atom stereocenters. The van der Waals surface area contributed by atoms with Crippen LogP contribution < -0.4 is 5.32 Å². The molecule has 1 fully saturated rings. The fourth-order valence-electron chi connectivity index (χ4n) is 2.21. The van der Waals surface area contributed by atoms with E-state index in [9.17, 15) is 0 Å². The van der Waals surface area contributed by atoms with Crippen LogP contribution in [0.3, 0.4) is 0 Å². The minimum absolute atomic E-state index is 0.601. The minimum atomic E-state index is 0.601. The number of rotatable bonds is 2. The van der Waals surface area contributed by atoms with Gasteiger partial charge in [-0.05, 0) is 38.0 Å². The van der Waals surface area contributed by atoms with Crippen molar-refractivity contribution >= 4 is 16.5 Å². The van der Waals surface area contributed by atoms with Crippen molar-refractivity contribution in [2.45, 2.75) is 46.1 Å². The first kappa shape index (κ1) is 10.9. The van der Waals surface area contributed by atoms with Gasteiger partial charge in [-0.3, -0.25) is 0 Å². The molecule has 4 heteroatoms. The topological polar surface area (TPSA) is 37.8 Å². The Labute approximate surface area is 95.3 Å². The van der Waals surface area contributed by atoms with Gasteiger partial charge in [0.15, 0.2) is 0 Å². The fourth-order valence-corrected chi connectivity index (χ4v) is 2.88. The van der Waals surface area contributed by atoms with Gasteiger partial charge in [-0.15, -0.1) is 10.2 Å². The Morgan fingerprint density at radius 1 is 1.20 bits per heavy atom. The zero-order valence-electron chi connectivity index (χ0n) is 9.66. The second-order valence-electron chi connectivity index (χ2n) is 4.74. The zero-order valence-corrected chi connectivity index (χ0v) is 10.5. The third-order valence-corrected chi connectivity index (χ3v) is 4.22. The zero-order chi connectivity index (χ0) is 10.8. The van der Waals surface area contributed by atoms with Crippen molar-refractivity contribution in [1.82, 2.24) is 10.2 Å². The molecule has 1 aliphatic carbocycles. The van der Waals surface area contributed by atoms with E-state index in [0.29, 0.717) is 6.04 Å². The van der Waals surface area contributed by atoms with Crippen LogP contribution in [0.1, 0.15) is 38.1 Å². The molecule has 15 heavy (non-hydrogen) atoms. The molecular weight excluding hydrogens is 206 g/mol. The van der Waals surface area contributed by atoms with Crippen molar-refractivity contribution in [1.29, 1.82) is 0 Å². The molecule has 0 bridgehead atoms. The van der Waals surface area contributed by atoms with E-state index in [1.165, 1.54) is 19.3 Å². The van der Waals surface area contributed by atoms with Gasteiger partial charge in [-0.2, -0.15) is 0 Å². The van der Waals surface area contributed by atoms with Crippen molar-refractivity contribution in [3.05, 3.63) is 5.01 Å². The normalized spacial score (nSPS) is 31.5. The van der Waals surface area contributed by atoms with Crippen LogP contribution in [0.15, 0.2) is 0 Å². The van der Waals surface area contributed by atoms with E-state index in [2.05, 4.69) is 29.4 Å². The molecule has 3 nitrogen and oxygen atoms in total. The number of hydrogen-bond acceptors (Lipinski definition) is 4. The summed E-state index contributed by atoms with van der Waals surface area (Å²) in [4.78, 5) is 0. The Morgan fingerprint density at radius 3 is 2.60 bits per heavy atom. The van der Waals surface area contributed by atoms with Crippen LogP contribution in [-0.2, 0) is 0 Å². The summed E-state index contributed by atoms with van der Waals surface area (Å²) in [6.07, 6.45) is 3.86. The van der Waals surface area contributed by atoms with Crippen molar-refractivity contribution in [2.75, 3.05) is 5.32 Å². The average Bonchev–Trinajstić information content (AvgIpc) is 2.58. The Bertz CT molecular complexity index is 323. The van der Waals surface area contributed by atoms with Crippen LogP contribution in [0.5, 0.6) is 0 Å². The van der Waals surface area contributed by atoms with Crippen LogP contribution in [0.4, 0.5) is 5.13 Å². The van der Waals surface area contributed by atoms with Crippen molar-refractivity contribution in [3.63, 3.8) is 0 Å². The Kier molecular flexibility index (Phi) is 3.24. The van der Waals surface area contributed by atoms with Gasteiger partial charge >= 0.3 is 0 Å². The summed E-state index contributed by atoms with van der Waals surface area (Å²) in [5.74, 6) is 1.70. The lowest BCUT2D eigenvalue weighted by Crippen LogP contribution is -2.30. The molecule has 84 valence electrons. The molecule has 1 aromatic rings. The van der Waals surface area contributed by atoms with Gasteiger partial charge in [0, 0.05) is 6.04 Å². The maximum atomic E-state index is 4.11. The number of aryl methyl sites for hydroxylation is 1. The highest BCUT2D eigenvalue weighted by atomic mass is 32.1. The van der Waals surface area contributed by atoms with Crippen molar-refractivity contribution in [3.8, 4) is 0 Å². The highest BCUT2D eigenvalue weighted by Gasteiger charge is 2.24. The summed E-state index contributed by atoms with van der Waals surface area (Å²) in [6, 6.07) is 0.601. The monoisotopic (exact) mass is 225 g/mol. The molecule has 0 aromatic carbocycles. The Balaban J connectivity index is 1.90. The second kappa shape index (κ2) is 4.47. The standard InChI is InChI=1S/C11H19N3S/c1-7-4-5-10(6-8(7)2)12-11-14-13-9(3)15-11/h7-8,10H,4-6H2,1-3H3,(H,12,14). The number of anilines is 1. The second-order valence-corrected chi connectivity index (χ2v) is 5.92. The van der Waals surface area contributed by atoms with Gasteiger partial charge in [0.05, 0.1) is 0 Å². The highest BCUT2D eigenvalue weighted by molar-refractivity contribution is 7.15. The van der Waals surface area contributed by atoms with Crippen molar-refractivity contribution in [2.24, 2.45) is 11.8 Å².